The summed E-state index contributed by atoms with van der Waals surface area (Å²) in [5, 5.41) is 10.8. The number of nitrogens with one attached hydrogen (secondary N) is 2. The number of hydrogen-bond donors (Lipinski definition) is 2. The Morgan fingerprint density at radius 3 is 2.65 bits per heavy atom. The fraction of sp³-hybridized carbons (Fsp3) is 0.474. The second-order valence-electron chi connectivity index (χ2n) is 6.53. The van der Waals surface area contributed by atoms with Crippen molar-refractivity contribution in [1.82, 2.24) is 20.4 Å². The van der Waals surface area contributed by atoms with E-state index in [0.29, 0.717) is 25.0 Å². The maximum atomic E-state index is 13.7. The minimum absolute atomic E-state index is 0.0742. The first-order valence-corrected chi connectivity index (χ1v) is 8.86. The monoisotopic (exact) mass is 363 g/mol. The molecule has 0 spiro atoms. The number of benzene rings is 1. The zero-order valence-electron chi connectivity index (χ0n) is 15.8. The van der Waals surface area contributed by atoms with E-state index in [1.807, 2.05) is 25.5 Å². The molecule has 0 aliphatic heterocycles. The molecule has 1 aromatic carbocycles. The number of rotatable bonds is 7. The lowest BCUT2D eigenvalue weighted by Crippen LogP contribution is -2.40. The molecule has 0 aliphatic carbocycles. The fourth-order valence-electron chi connectivity index (χ4n) is 2.66. The first-order chi connectivity index (χ1) is 12.4. The third kappa shape index (κ3) is 5.82. The summed E-state index contributed by atoms with van der Waals surface area (Å²) in [6.07, 6.45) is 0. The van der Waals surface area contributed by atoms with Gasteiger partial charge in [0, 0.05) is 30.9 Å². The molecular weight excluding hydrogens is 336 g/mol. The van der Waals surface area contributed by atoms with Crippen LogP contribution in [0.15, 0.2) is 29.3 Å². The molecule has 1 atom stereocenters. The van der Waals surface area contributed by atoms with E-state index in [2.05, 4.69) is 33.7 Å². The second-order valence-corrected chi connectivity index (χ2v) is 6.53. The number of aromatic nitrogens is 2. The summed E-state index contributed by atoms with van der Waals surface area (Å²) < 4.78 is 29.0. The molecule has 0 saturated heterocycles. The molecule has 0 fully saturated rings. The van der Waals surface area contributed by atoms with Gasteiger partial charge in [-0.2, -0.15) is 5.10 Å². The van der Waals surface area contributed by atoms with Crippen LogP contribution in [0.5, 0.6) is 0 Å². The molecule has 2 aromatic rings. The van der Waals surface area contributed by atoms with E-state index >= 15 is 0 Å². The third-order valence-electron chi connectivity index (χ3n) is 3.97. The highest BCUT2D eigenvalue weighted by molar-refractivity contribution is 5.79. The van der Waals surface area contributed by atoms with Gasteiger partial charge in [-0.15, -0.1) is 0 Å². The predicted molar refractivity (Wildman–Crippen MR) is 100 cm³/mol. The average Bonchev–Trinajstić information content (AvgIpc) is 2.90. The second kappa shape index (κ2) is 9.31. The van der Waals surface area contributed by atoms with Crippen molar-refractivity contribution >= 4 is 5.96 Å². The zero-order valence-corrected chi connectivity index (χ0v) is 15.8. The highest BCUT2D eigenvalue weighted by atomic mass is 19.1. The van der Waals surface area contributed by atoms with Crippen LogP contribution in [0.4, 0.5) is 8.78 Å². The highest BCUT2D eigenvalue weighted by Gasteiger charge is 2.09. The minimum Gasteiger partial charge on any atom is -0.357 e. The number of aliphatic imine (C=N–C) groups is 1. The number of guanidine groups is 1. The van der Waals surface area contributed by atoms with Crippen LogP contribution in [0.1, 0.15) is 30.8 Å². The molecule has 1 aromatic heterocycles. The minimum atomic E-state index is -0.465. The molecule has 0 radical (unpaired) electrons. The Hall–Kier alpha value is -2.44. The van der Waals surface area contributed by atoms with Crippen molar-refractivity contribution in [3.63, 3.8) is 0 Å². The topological polar surface area (TPSA) is 54.2 Å². The third-order valence-corrected chi connectivity index (χ3v) is 3.97. The van der Waals surface area contributed by atoms with Gasteiger partial charge >= 0.3 is 0 Å². The van der Waals surface area contributed by atoms with E-state index < -0.39 is 11.6 Å². The Bertz CT molecular complexity index is 754. The summed E-state index contributed by atoms with van der Waals surface area (Å²) in [6.45, 7) is 10.3. The van der Waals surface area contributed by atoms with Crippen LogP contribution in [0.25, 0.3) is 0 Å². The van der Waals surface area contributed by atoms with Crippen molar-refractivity contribution in [3.05, 3.63) is 52.9 Å². The Kier molecular flexibility index (Phi) is 7.12. The van der Waals surface area contributed by atoms with Crippen LogP contribution >= 0.6 is 0 Å². The summed E-state index contributed by atoms with van der Waals surface area (Å²) in [6, 6.07) is 5.46. The van der Waals surface area contributed by atoms with E-state index in [-0.39, 0.29) is 12.1 Å². The molecule has 0 bridgehead atoms. The smallest absolute Gasteiger partial charge is 0.191 e. The van der Waals surface area contributed by atoms with Gasteiger partial charge in [0.05, 0.1) is 12.2 Å². The van der Waals surface area contributed by atoms with Gasteiger partial charge in [-0.05, 0) is 51.0 Å². The van der Waals surface area contributed by atoms with Gasteiger partial charge < -0.3 is 10.6 Å². The molecular formula is C19H27F2N5. The van der Waals surface area contributed by atoms with E-state index in [0.717, 1.165) is 30.1 Å². The quantitative estimate of drug-likeness (QED) is 0.587. The van der Waals surface area contributed by atoms with Gasteiger partial charge in [-0.1, -0.05) is 6.92 Å². The normalized spacial score (nSPS) is 12.9. The fourth-order valence-corrected chi connectivity index (χ4v) is 2.66. The molecule has 0 amide bonds. The van der Waals surface area contributed by atoms with Crippen molar-refractivity contribution in [2.45, 2.75) is 40.8 Å². The SMILES string of the molecule is CCNC(=NCc1cc(F)ccc1F)NCC(C)Cn1nc(C)cc1C. The van der Waals surface area contributed by atoms with Crippen molar-refractivity contribution in [1.29, 1.82) is 0 Å². The van der Waals surface area contributed by atoms with Gasteiger partial charge in [0.15, 0.2) is 5.96 Å². The van der Waals surface area contributed by atoms with Crippen LogP contribution in [0, 0.1) is 31.4 Å². The summed E-state index contributed by atoms with van der Waals surface area (Å²) in [5.74, 6) is -0.0175. The van der Waals surface area contributed by atoms with Gasteiger partial charge in [0.25, 0.3) is 0 Å². The molecule has 0 aliphatic rings. The molecule has 142 valence electrons. The van der Waals surface area contributed by atoms with Crippen molar-refractivity contribution < 1.29 is 8.78 Å². The predicted octanol–water partition coefficient (Wildman–Crippen LogP) is 3.17. The lowest BCUT2D eigenvalue weighted by molar-refractivity contribution is 0.436. The van der Waals surface area contributed by atoms with Crippen molar-refractivity contribution in [3.8, 4) is 0 Å². The lowest BCUT2D eigenvalue weighted by Gasteiger charge is -2.17. The van der Waals surface area contributed by atoms with Crippen LogP contribution < -0.4 is 10.6 Å². The Balaban J connectivity index is 1.94. The molecule has 5 nitrogen and oxygen atoms in total. The van der Waals surface area contributed by atoms with E-state index in [1.54, 1.807) is 0 Å². The molecule has 2 N–H and O–H groups in total. The Morgan fingerprint density at radius 1 is 1.23 bits per heavy atom. The summed E-state index contributed by atoms with van der Waals surface area (Å²) in [4.78, 5) is 4.35. The van der Waals surface area contributed by atoms with Crippen LogP contribution in [-0.2, 0) is 13.1 Å². The van der Waals surface area contributed by atoms with Crippen LogP contribution in [0.3, 0.4) is 0 Å². The maximum Gasteiger partial charge on any atom is 0.191 e. The lowest BCUT2D eigenvalue weighted by atomic mass is 10.2. The molecule has 26 heavy (non-hydrogen) atoms. The summed E-state index contributed by atoms with van der Waals surface area (Å²) in [7, 11) is 0. The standard InChI is InChI=1S/C19H27F2N5/c1-5-22-19(24-11-16-9-17(20)6-7-18(16)21)23-10-13(2)12-26-15(4)8-14(3)25-26/h6-9,13H,5,10-12H2,1-4H3,(H2,22,23,24). The number of hydrogen-bond acceptors (Lipinski definition) is 2. The Labute approximate surface area is 153 Å². The largest absolute Gasteiger partial charge is 0.357 e. The van der Waals surface area contributed by atoms with Gasteiger partial charge in [0.2, 0.25) is 0 Å². The van der Waals surface area contributed by atoms with E-state index in [4.69, 9.17) is 0 Å². The van der Waals surface area contributed by atoms with Gasteiger partial charge in [-0.3, -0.25) is 4.68 Å². The zero-order chi connectivity index (χ0) is 19.1. The van der Waals surface area contributed by atoms with E-state index in [9.17, 15) is 8.78 Å². The molecule has 1 heterocycles. The first kappa shape index (κ1) is 19.9. The van der Waals surface area contributed by atoms with E-state index in [1.165, 1.54) is 6.07 Å². The van der Waals surface area contributed by atoms with Crippen LogP contribution in [-0.4, -0.2) is 28.8 Å². The van der Waals surface area contributed by atoms with Crippen molar-refractivity contribution in [2.24, 2.45) is 10.9 Å². The van der Waals surface area contributed by atoms with Gasteiger partial charge in [0.1, 0.15) is 11.6 Å². The Morgan fingerprint density at radius 2 is 2.00 bits per heavy atom. The van der Waals surface area contributed by atoms with Gasteiger partial charge in [-0.25, -0.2) is 13.8 Å². The van der Waals surface area contributed by atoms with Crippen LogP contribution in [0.2, 0.25) is 0 Å². The first-order valence-electron chi connectivity index (χ1n) is 8.86. The van der Waals surface area contributed by atoms with Crippen molar-refractivity contribution in [2.75, 3.05) is 13.1 Å². The molecule has 0 saturated carbocycles. The molecule has 2 rings (SSSR count). The average molecular weight is 363 g/mol. The molecule has 1 unspecified atom stereocenters. The number of halogens is 2. The maximum absolute atomic E-state index is 13.7. The molecule has 7 heteroatoms. The highest BCUT2D eigenvalue weighted by Crippen LogP contribution is 2.11. The summed E-state index contributed by atoms with van der Waals surface area (Å²) >= 11 is 0. The number of nitrogens with zero attached hydrogens (tertiary/aromatic N) is 3. The summed E-state index contributed by atoms with van der Waals surface area (Å²) in [5.41, 5.74) is 2.38. The number of aryl methyl sites for hydroxylation is 2.